The molecule has 1 fully saturated rings. The fraction of sp³-hybridized carbons (Fsp3) is 0.389. The first-order chi connectivity index (χ1) is 12.3. The van der Waals surface area contributed by atoms with E-state index in [1.165, 1.54) is 5.56 Å². The van der Waals surface area contributed by atoms with Gasteiger partial charge in [-0.15, -0.1) is 5.10 Å². The van der Waals surface area contributed by atoms with Crippen molar-refractivity contribution in [3.8, 4) is 11.3 Å². The fourth-order valence-electron chi connectivity index (χ4n) is 3.32. The molecule has 0 amide bonds. The molecule has 3 aromatic heterocycles. The molecule has 7 heteroatoms. The zero-order valence-electron chi connectivity index (χ0n) is 14.2. The zero-order valence-corrected chi connectivity index (χ0v) is 14.2. The molecule has 7 nitrogen and oxygen atoms in total. The van der Waals surface area contributed by atoms with E-state index >= 15 is 0 Å². The van der Waals surface area contributed by atoms with Gasteiger partial charge in [-0.2, -0.15) is 0 Å². The topological polar surface area (TPSA) is 84.4 Å². The summed E-state index contributed by atoms with van der Waals surface area (Å²) in [6.45, 7) is 5.59. The quantitative estimate of drug-likeness (QED) is 0.728. The van der Waals surface area contributed by atoms with Gasteiger partial charge in [0.15, 0.2) is 11.5 Å². The van der Waals surface area contributed by atoms with Crippen LogP contribution in [0.25, 0.3) is 16.9 Å². The lowest BCUT2D eigenvalue weighted by Crippen LogP contribution is -2.43. The molecule has 0 atom stereocenters. The number of aryl methyl sites for hydroxylation is 1. The number of fused-ring (bicyclic) bond motifs is 1. The monoisotopic (exact) mass is 337 g/mol. The number of hydrogen-bond donors (Lipinski definition) is 2. The Hall–Kier alpha value is -2.51. The summed E-state index contributed by atoms with van der Waals surface area (Å²) in [6.07, 6.45) is 7.83. The van der Waals surface area contributed by atoms with E-state index in [-0.39, 0.29) is 0 Å². The second-order valence-electron chi connectivity index (χ2n) is 6.40. The summed E-state index contributed by atoms with van der Waals surface area (Å²) in [5, 5.41) is 7.81. The molecular weight excluding hydrogens is 314 g/mol. The number of piperazine rings is 1. The fourth-order valence-corrected chi connectivity index (χ4v) is 3.32. The Bertz CT molecular complexity index is 837. The highest BCUT2D eigenvalue weighted by atomic mass is 15.3. The molecule has 25 heavy (non-hydrogen) atoms. The molecule has 0 radical (unpaired) electrons. The number of pyridine rings is 1. The van der Waals surface area contributed by atoms with E-state index in [0.717, 1.165) is 62.5 Å². The van der Waals surface area contributed by atoms with Gasteiger partial charge in [0.2, 0.25) is 0 Å². The average molecular weight is 337 g/mol. The van der Waals surface area contributed by atoms with E-state index in [4.69, 9.17) is 5.73 Å². The highest BCUT2D eigenvalue weighted by Gasteiger charge is 2.15. The Kier molecular flexibility index (Phi) is 4.58. The number of nitrogens with one attached hydrogen (secondary N) is 1. The van der Waals surface area contributed by atoms with Gasteiger partial charge in [0.05, 0.1) is 11.3 Å². The SMILES string of the molecule is Nc1nn2cc(CCCN3CCNCC3)cnc2c1-c1ccccn1. The van der Waals surface area contributed by atoms with Crippen molar-refractivity contribution in [1.29, 1.82) is 0 Å². The molecule has 0 spiro atoms. The third-order valence-corrected chi connectivity index (χ3v) is 4.62. The van der Waals surface area contributed by atoms with Gasteiger partial charge in [-0.25, -0.2) is 9.50 Å². The highest BCUT2D eigenvalue weighted by molar-refractivity contribution is 5.84. The van der Waals surface area contributed by atoms with Crippen molar-refractivity contribution in [3.05, 3.63) is 42.4 Å². The van der Waals surface area contributed by atoms with Crippen LogP contribution < -0.4 is 11.1 Å². The maximum Gasteiger partial charge on any atom is 0.166 e. The van der Waals surface area contributed by atoms with Crippen molar-refractivity contribution < 1.29 is 0 Å². The van der Waals surface area contributed by atoms with Crippen LogP contribution in [0.15, 0.2) is 36.8 Å². The minimum Gasteiger partial charge on any atom is -0.382 e. The van der Waals surface area contributed by atoms with Crippen LogP contribution in [0, 0.1) is 0 Å². The van der Waals surface area contributed by atoms with Gasteiger partial charge in [0, 0.05) is 44.8 Å². The summed E-state index contributed by atoms with van der Waals surface area (Å²) in [4.78, 5) is 11.5. The minimum atomic E-state index is 0.462. The van der Waals surface area contributed by atoms with E-state index < -0.39 is 0 Å². The molecule has 1 aliphatic heterocycles. The summed E-state index contributed by atoms with van der Waals surface area (Å²) in [5.74, 6) is 0.462. The number of hydrogen-bond acceptors (Lipinski definition) is 6. The molecule has 0 unspecified atom stereocenters. The van der Waals surface area contributed by atoms with Gasteiger partial charge in [0.25, 0.3) is 0 Å². The van der Waals surface area contributed by atoms with Crippen molar-refractivity contribution in [2.45, 2.75) is 12.8 Å². The second kappa shape index (κ2) is 7.16. The van der Waals surface area contributed by atoms with Crippen molar-refractivity contribution in [2.24, 2.45) is 0 Å². The Morgan fingerprint density at radius 1 is 1.16 bits per heavy atom. The third-order valence-electron chi connectivity index (χ3n) is 4.62. The lowest BCUT2D eigenvalue weighted by Gasteiger charge is -2.26. The number of nitrogens with two attached hydrogens (primary N) is 1. The lowest BCUT2D eigenvalue weighted by atomic mass is 10.1. The number of nitrogens with zero attached hydrogens (tertiary/aromatic N) is 5. The normalized spacial score (nSPS) is 15.7. The first kappa shape index (κ1) is 16.0. The molecule has 4 heterocycles. The van der Waals surface area contributed by atoms with E-state index in [9.17, 15) is 0 Å². The molecule has 0 aliphatic carbocycles. The summed E-state index contributed by atoms with van der Waals surface area (Å²) in [6, 6.07) is 5.75. The van der Waals surface area contributed by atoms with Crippen LogP contribution in [-0.2, 0) is 6.42 Å². The van der Waals surface area contributed by atoms with Crippen molar-refractivity contribution in [2.75, 3.05) is 38.5 Å². The Balaban J connectivity index is 1.49. The van der Waals surface area contributed by atoms with Gasteiger partial charge in [-0.1, -0.05) is 6.07 Å². The largest absolute Gasteiger partial charge is 0.382 e. The van der Waals surface area contributed by atoms with Gasteiger partial charge in [-0.05, 0) is 37.1 Å². The average Bonchev–Trinajstić information content (AvgIpc) is 2.98. The third kappa shape index (κ3) is 3.47. The van der Waals surface area contributed by atoms with Crippen LogP contribution in [0.2, 0.25) is 0 Å². The second-order valence-corrected chi connectivity index (χ2v) is 6.40. The molecule has 0 saturated carbocycles. The number of nitrogen functional groups attached to an aromatic ring is 1. The maximum atomic E-state index is 6.11. The molecule has 1 saturated heterocycles. The Morgan fingerprint density at radius 2 is 2.04 bits per heavy atom. The summed E-state index contributed by atoms with van der Waals surface area (Å²) in [7, 11) is 0. The highest BCUT2D eigenvalue weighted by Crippen LogP contribution is 2.27. The van der Waals surface area contributed by atoms with Crippen LogP contribution in [0.3, 0.4) is 0 Å². The van der Waals surface area contributed by atoms with Crippen LogP contribution in [-0.4, -0.2) is 57.2 Å². The number of anilines is 1. The molecule has 3 aromatic rings. The molecule has 0 bridgehead atoms. The molecular formula is C18H23N7. The standard InChI is InChI=1S/C18H23N7/c19-17-16(15-5-1-2-6-21-15)18-22-12-14(13-25(18)23-17)4-3-9-24-10-7-20-8-11-24/h1-2,5-6,12-13,20H,3-4,7-11H2,(H2,19,23). The molecule has 4 rings (SSSR count). The molecule has 3 N–H and O–H groups in total. The molecule has 130 valence electrons. The number of aromatic nitrogens is 4. The van der Waals surface area contributed by atoms with E-state index in [2.05, 4.69) is 25.3 Å². The molecule has 1 aliphatic rings. The van der Waals surface area contributed by atoms with Gasteiger partial charge in [-0.3, -0.25) is 4.98 Å². The molecule has 0 aromatic carbocycles. The van der Waals surface area contributed by atoms with Crippen LogP contribution in [0.4, 0.5) is 5.82 Å². The van der Waals surface area contributed by atoms with E-state index in [0.29, 0.717) is 5.82 Å². The Labute approximate surface area is 146 Å². The maximum absolute atomic E-state index is 6.11. The van der Waals surface area contributed by atoms with Crippen LogP contribution in [0.5, 0.6) is 0 Å². The first-order valence-corrected chi connectivity index (χ1v) is 8.78. The van der Waals surface area contributed by atoms with E-state index in [1.807, 2.05) is 30.6 Å². The smallest absolute Gasteiger partial charge is 0.166 e. The van der Waals surface area contributed by atoms with Gasteiger partial charge >= 0.3 is 0 Å². The Morgan fingerprint density at radius 3 is 2.84 bits per heavy atom. The first-order valence-electron chi connectivity index (χ1n) is 8.78. The van der Waals surface area contributed by atoms with Crippen molar-refractivity contribution in [3.63, 3.8) is 0 Å². The van der Waals surface area contributed by atoms with Crippen LogP contribution >= 0.6 is 0 Å². The van der Waals surface area contributed by atoms with Crippen molar-refractivity contribution >= 4 is 11.5 Å². The number of rotatable bonds is 5. The van der Waals surface area contributed by atoms with Crippen molar-refractivity contribution in [1.82, 2.24) is 29.8 Å². The zero-order chi connectivity index (χ0) is 17.1. The van der Waals surface area contributed by atoms with Gasteiger partial charge in [0.1, 0.15) is 0 Å². The summed E-state index contributed by atoms with van der Waals surface area (Å²) < 4.78 is 1.78. The van der Waals surface area contributed by atoms with Crippen LogP contribution in [0.1, 0.15) is 12.0 Å². The minimum absolute atomic E-state index is 0.462. The predicted molar refractivity (Wildman–Crippen MR) is 98.3 cm³/mol. The lowest BCUT2D eigenvalue weighted by molar-refractivity contribution is 0.238. The van der Waals surface area contributed by atoms with Gasteiger partial charge < -0.3 is 16.0 Å². The summed E-state index contributed by atoms with van der Waals surface area (Å²) >= 11 is 0. The van der Waals surface area contributed by atoms with E-state index in [1.54, 1.807) is 10.7 Å². The predicted octanol–water partition coefficient (Wildman–Crippen LogP) is 1.21. The summed E-state index contributed by atoms with van der Waals surface area (Å²) in [5.41, 5.74) is 9.64.